The molecule has 2 rings (SSSR count). The second kappa shape index (κ2) is 6.66. The number of hydrogen-bond acceptors (Lipinski definition) is 3. The molecule has 0 saturated carbocycles. The zero-order valence-corrected chi connectivity index (χ0v) is 10.9. The molecular weight excluding hydrogens is 238 g/mol. The molecule has 0 saturated heterocycles. The Morgan fingerprint density at radius 2 is 2.11 bits per heavy atom. The summed E-state index contributed by atoms with van der Waals surface area (Å²) in [5, 5.41) is 5.91. The Kier molecular flexibility index (Phi) is 4.64. The van der Waals surface area contributed by atoms with Gasteiger partial charge in [-0.1, -0.05) is 18.2 Å². The van der Waals surface area contributed by atoms with Crippen LogP contribution in [0.3, 0.4) is 0 Å². The molecular formula is C15H17N3O. The van der Waals surface area contributed by atoms with Gasteiger partial charge in [-0.2, -0.15) is 0 Å². The first-order valence-corrected chi connectivity index (χ1v) is 6.21. The van der Waals surface area contributed by atoms with Crippen molar-refractivity contribution in [3.05, 3.63) is 59.9 Å². The van der Waals surface area contributed by atoms with Crippen LogP contribution >= 0.6 is 0 Å². The average molecular weight is 255 g/mol. The van der Waals surface area contributed by atoms with Crippen molar-refractivity contribution in [3.63, 3.8) is 0 Å². The van der Waals surface area contributed by atoms with Gasteiger partial charge in [0.1, 0.15) is 0 Å². The molecule has 0 radical (unpaired) electrons. The van der Waals surface area contributed by atoms with Crippen LogP contribution in [-0.4, -0.2) is 17.4 Å². The lowest BCUT2D eigenvalue weighted by atomic mass is 10.2. The Balaban J connectivity index is 1.76. The van der Waals surface area contributed by atoms with Gasteiger partial charge in [0.2, 0.25) is 5.91 Å². The average Bonchev–Trinajstić information content (AvgIpc) is 2.40. The van der Waals surface area contributed by atoms with E-state index in [0.717, 1.165) is 16.9 Å². The minimum Gasteiger partial charge on any atom is -0.325 e. The van der Waals surface area contributed by atoms with Crippen LogP contribution in [0.2, 0.25) is 0 Å². The third-order valence-electron chi connectivity index (χ3n) is 2.62. The molecule has 2 N–H and O–H groups in total. The van der Waals surface area contributed by atoms with E-state index in [1.54, 1.807) is 6.20 Å². The Morgan fingerprint density at radius 3 is 2.84 bits per heavy atom. The maximum atomic E-state index is 11.7. The minimum absolute atomic E-state index is 0.0541. The van der Waals surface area contributed by atoms with Gasteiger partial charge in [-0.3, -0.25) is 9.78 Å². The summed E-state index contributed by atoms with van der Waals surface area (Å²) in [4.78, 5) is 15.9. The lowest BCUT2D eigenvalue weighted by Gasteiger charge is -2.07. The van der Waals surface area contributed by atoms with Crippen LogP contribution in [0.15, 0.2) is 48.7 Å². The summed E-state index contributed by atoms with van der Waals surface area (Å²) in [5.41, 5.74) is 2.87. The third kappa shape index (κ3) is 4.52. The zero-order valence-electron chi connectivity index (χ0n) is 10.9. The number of carbonyl (C=O) groups is 1. The van der Waals surface area contributed by atoms with Crippen LogP contribution in [0.1, 0.15) is 11.3 Å². The predicted octanol–water partition coefficient (Wildman–Crippen LogP) is 2.12. The number of pyridine rings is 1. The highest BCUT2D eigenvalue weighted by molar-refractivity contribution is 5.92. The van der Waals surface area contributed by atoms with Gasteiger partial charge >= 0.3 is 0 Å². The summed E-state index contributed by atoms with van der Waals surface area (Å²) in [7, 11) is 0. The summed E-state index contributed by atoms with van der Waals surface area (Å²) >= 11 is 0. The monoisotopic (exact) mass is 255 g/mol. The normalized spacial score (nSPS) is 10.2. The zero-order chi connectivity index (χ0) is 13.5. The Bertz CT molecular complexity index is 540. The van der Waals surface area contributed by atoms with Gasteiger partial charge in [0.15, 0.2) is 0 Å². The number of anilines is 1. The molecule has 0 aliphatic carbocycles. The van der Waals surface area contributed by atoms with Gasteiger partial charge in [0.05, 0.1) is 12.2 Å². The fourth-order valence-electron chi connectivity index (χ4n) is 1.73. The standard InChI is InChI=1S/C15H17N3O/c1-12-5-4-7-13(9-12)18-15(19)11-16-10-14-6-2-3-8-17-14/h2-9,16H,10-11H2,1H3,(H,18,19). The van der Waals surface area contributed by atoms with Crippen LogP contribution in [0.5, 0.6) is 0 Å². The minimum atomic E-state index is -0.0541. The van der Waals surface area contributed by atoms with Crippen LogP contribution in [0, 0.1) is 6.92 Å². The lowest BCUT2D eigenvalue weighted by molar-refractivity contribution is -0.115. The SMILES string of the molecule is Cc1cccc(NC(=O)CNCc2ccccn2)c1. The smallest absolute Gasteiger partial charge is 0.238 e. The number of aryl methyl sites for hydroxylation is 1. The van der Waals surface area contributed by atoms with E-state index < -0.39 is 0 Å². The van der Waals surface area contributed by atoms with Gasteiger partial charge in [0, 0.05) is 18.4 Å². The van der Waals surface area contributed by atoms with Gasteiger partial charge in [-0.05, 0) is 36.8 Å². The molecule has 4 nitrogen and oxygen atoms in total. The number of rotatable bonds is 5. The molecule has 1 amide bonds. The highest BCUT2D eigenvalue weighted by atomic mass is 16.1. The highest BCUT2D eigenvalue weighted by Crippen LogP contribution is 2.08. The predicted molar refractivity (Wildman–Crippen MR) is 75.8 cm³/mol. The fourth-order valence-corrected chi connectivity index (χ4v) is 1.73. The fraction of sp³-hybridized carbons (Fsp3) is 0.200. The van der Waals surface area contributed by atoms with Crippen molar-refractivity contribution in [1.29, 1.82) is 0 Å². The van der Waals surface area contributed by atoms with Gasteiger partial charge in [0.25, 0.3) is 0 Å². The van der Waals surface area contributed by atoms with E-state index in [0.29, 0.717) is 6.54 Å². The Morgan fingerprint density at radius 1 is 1.21 bits per heavy atom. The van der Waals surface area contributed by atoms with E-state index in [-0.39, 0.29) is 12.5 Å². The number of nitrogens with one attached hydrogen (secondary N) is 2. The molecule has 2 aromatic rings. The van der Waals surface area contributed by atoms with E-state index in [1.165, 1.54) is 0 Å². The number of carbonyl (C=O) groups excluding carboxylic acids is 1. The molecule has 1 aromatic heterocycles. The summed E-state index contributed by atoms with van der Waals surface area (Å²) in [5.74, 6) is -0.0541. The van der Waals surface area contributed by atoms with Crippen LogP contribution < -0.4 is 10.6 Å². The third-order valence-corrected chi connectivity index (χ3v) is 2.62. The molecule has 4 heteroatoms. The molecule has 0 bridgehead atoms. The molecule has 0 fully saturated rings. The van der Waals surface area contributed by atoms with Crippen molar-refractivity contribution >= 4 is 11.6 Å². The quantitative estimate of drug-likeness (QED) is 0.860. The van der Waals surface area contributed by atoms with E-state index in [9.17, 15) is 4.79 Å². The summed E-state index contributed by atoms with van der Waals surface area (Å²) < 4.78 is 0. The summed E-state index contributed by atoms with van der Waals surface area (Å²) in [6.45, 7) is 2.85. The van der Waals surface area contributed by atoms with Gasteiger partial charge in [-0.15, -0.1) is 0 Å². The van der Waals surface area contributed by atoms with E-state index in [4.69, 9.17) is 0 Å². The van der Waals surface area contributed by atoms with Gasteiger partial charge in [-0.25, -0.2) is 0 Å². The number of hydrogen-bond donors (Lipinski definition) is 2. The maximum absolute atomic E-state index is 11.7. The second-order valence-corrected chi connectivity index (χ2v) is 4.34. The number of aromatic nitrogens is 1. The van der Waals surface area contributed by atoms with E-state index >= 15 is 0 Å². The van der Waals surface area contributed by atoms with Crippen molar-refractivity contribution in [3.8, 4) is 0 Å². The maximum Gasteiger partial charge on any atom is 0.238 e. The highest BCUT2D eigenvalue weighted by Gasteiger charge is 2.02. The molecule has 98 valence electrons. The van der Waals surface area contributed by atoms with E-state index in [2.05, 4.69) is 15.6 Å². The van der Waals surface area contributed by atoms with E-state index in [1.807, 2.05) is 49.4 Å². The van der Waals surface area contributed by atoms with Crippen molar-refractivity contribution < 1.29 is 4.79 Å². The summed E-state index contributed by atoms with van der Waals surface area (Å²) in [6, 6.07) is 13.5. The van der Waals surface area contributed by atoms with Crippen LogP contribution in [0.25, 0.3) is 0 Å². The van der Waals surface area contributed by atoms with Crippen molar-refractivity contribution in [2.75, 3.05) is 11.9 Å². The number of benzene rings is 1. The first-order chi connectivity index (χ1) is 9.24. The lowest BCUT2D eigenvalue weighted by Crippen LogP contribution is -2.27. The Hall–Kier alpha value is -2.20. The van der Waals surface area contributed by atoms with Gasteiger partial charge < -0.3 is 10.6 Å². The largest absolute Gasteiger partial charge is 0.325 e. The molecule has 0 aliphatic heterocycles. The van der Waals surface area contributed by atoms with Crippen LogP contribution in [-0.2, 0) is 11.3 Å². The second-order valence-electron chi connectivity index (χ2n) is 4.34. The molecule has 0 unspecified atom stereocenters. The van der Waals surface area contributed by atoms with Crippen molar-refractivity contribution in [2.24, 2.45) is 0 Å². The summed E-state index contributed by atoms with van der Waals surface area (Å²) in [6.07, 6.45) is 1.74. The molecule has 0 aliphatic rings. The molecule has 1 heterocycles. The van der Waals surface area contributed by atoms with Crippen molar-refractivity contribution in [2.45, 2.75) is 13.5 Å². The van der Waals surface area contributed by atoms with Crippen molar-refractivity contribution in [1.82, 2.24) is 10.3 Å². The number of nitrogens with zero attached hydrogens (tertiary/aromatic N) is 1. The topological polar surface area (TPSA) is 54.0 Å². The molecule has 1 aromatic carbocycles. The molecule has 0 atom stereocenters. The molecule has 0 spiro atoms. The Labute approximate surface area is 112 Å². The first kappa shape index (κ1) is 13.2. The van der Waals surface area contributed by atoms with Crippen LogP contribution in [0.4, 0.5) is 5.69 Å². The first-order valence-electron chi connectivity index (χ1n) is 6.21. The number of amides is 1. The molecule has 19 heavy (non-hydrogen) atoms.